The van der Waals surface area contributed by atoms with Crippen LogP contribution >= 0.6 is 0 Å². The number of carbonyl (C=O) groups is 1. The van der Waals surface area contributed by atoms with Crippen LogP contribution in [0.2, 0.25) is 0 Å². The molecular formula is C35H54N4O. The zero-order chi connectivity index (χ0) is 28.2. The van der Waals surface area contributed by atoms with Crippen LogP contribution in [-0.2, 0) is 13.0 Å². The van der Waals surface area contributed by atoms with Crippen molar-refractivity contribution < 1.29 is 4.79 Å². The van der Waals surface area contributed by atoms with E-state index < -0.39 is 0 Å². The van der Waals surface area contributed by atoms with Crippen molar-refractivity contribution in [3.8, 4) is 0 Å². The van der Waals surface area contributed by atoms with Crippen molar-refractivity contribution in [3.05, 3.63) is 65.2 Å². The molecule has 1 N–H and O–H groups in total. The van der Waals surface area contributed by atoms with E-state index in [4.69, 9.17) is 0 Å². The SMILES string of the molecule is CCCCCc1ccc(C(=O)N(Cc2cccc(NCCN3CCCC3)c2)C2CCN(CCC(C)C)CC2)cc1. The third-order valence-electron chi connectivity index (χ3n) is 8.79. The Hall–Kier alpha value is -2.37. The van der Waals surface area contributed by atoms with E-state index in [2.05, 4.69) is 89.3 Å². The maximum atomic E-state index is 14.0. The average molecular weight is 547 g/mol. The van der Waals surface area contributed by atoms with Gasteiger partial charge in [0.05, 0.1) is 0 Å². The van der Waals surface area contributed by atoms with E-state index in [1.165, 1.54) is 69.3 Å². The van der Waals surface area contributed by atoms with E-state index in [1.54, 1.807) is 0 Å². The van der Waals surface area contributed by atoms with Crippen molar-refractivity contribution in [2.45, 2.75) is 91.1 Å². The van der Waals surface area contributed by atoms with Crippen LogP contribution in [0, 0.1) is 5.92 Å². The molecule has 0 aromatic heterocycles. The van der Waals surface area contributed by atoms with Gasteiger partial charge < -0.3 is 20.0 Å². The van der Waals surface area contributed by atoms with Gasteiger partial charge in [0, 0.05) is 50.0 Å². The number of rotatable bonds is 15. The summed E-state index contributed by atoms with van der Waals surface area (Å²) in [5.41, 5.74) is 4.52. The van der Waals surface area contributed by atoms with Gasteiger partial charge in [-0.1, -0.05) is 57.9 Å². The summed E-state index contributed by atoms with van der Waals surface area (Å²) in [6.07, 6.45) is 10.8. The second-order valence-corrected chi connectivity index (χ2v) is 12.5. The van der Waals surface area contributed by atoms with Gasteiger partial charge in [-0.05, 0) is 106 Å². The van der Waals surface area contributed by atoms with Crippen LogP contribution in [-0.4, -0.2) is 72.5 Å². The van der Waals surface area contributed by atoms with Gasteiger partial charge in [0.2, 0.25) is 0 Å². The Morgan fingerprint density at radius 1 is 0.925 bits per heavy atom. The minimum absolute atomic E-state index is 0.174. The van der Waals surface area contributed by atoms with Crippen LogP contribution in [0.25, 0.3) is 0 Å². The molecule has 0 saturated carbocycles. The number of benzene rings is 2. The summed E-state index contributed by atoms with van der Waals surface area (Å²) in [5.74, 6) is 0.908. The molecule has 2 saturated heterocycles. The third kappa shape index (κ3) is 9.62. The van der Waals surface area contributed by atoms with E-state index in [0.717, 1.165) is 62.6 Å². The van der Waals surface area contributed by atoms with Gasteiger partial charge in [-0.3, -0.25) is 4.79 Å². The molecule has 2 aliphatic heterocycles. The number of nitrogens with zero attached hydrogens (tertiary/aromatic N) is 3. The fraction of sp³-hybridized carbons (Fsp3) is 0.629. The largest absolute Gasteiger partial charge is 0.384 e. The predicted molar refractivity (Wildman–Crippen MR) is 169 cm³/mol. The molecule has 0 aliphatic carbocycles. The lowest BCUT2D eigenvalue weighted by Crippen LogP contribution is -2.47. The van der Waals surface area contributed by atoms with Crippen LogP contribution in [0.15, 0.2) is 48.5 Å². The van der Waals surface area contributed by atoms with Crippen molar-refractivity contribution in [2.24, 2.45) is 5.92 Å². The Morgan fingerprint density at radius 2 is 1.65 bits per heavy atom. The fourth-order valence-corrected chi connectivity index (χ4v) is 6.16. The molecule has 0 unspecified atom stereocenters. The third-order valence-corrected chi connectivity index (χ3v) is 8.79. The highest BCUT2D eigenvalue weighted by Crippen LogP contribution is 2.24. The van der Waals surface area contributed by atoms with Crippen molar-refractivity contribution >= 4 is 11.6 Å². The molecule has 0 spiro atoms. The first-order chi connectivity index (χ1) is 19.5. The number of likely N-dealkylation sites (tertiary alicyclic amines) is 2. The zero-order valence-corrected chi connectivity index (χ0v) is 25.5. The number of hydrogen-bond donors (Lipinski definition) is 1. The summed E-state index contributed by atoms with van der Waals surface area (Å²) >= 11 is 0. The molecule has 220 valence electrons. The lowest BCUT2D eigenvalue weighted by atomic mass is 9.99. The molecule has 5 heteroatoms. The number of aryl methyl sites for hydroxylation is 1. The van der Waals surface area contributed by atoms with Crippen molar-refractivity contribution in [1.29, 1.82) is 0 Å². The normalized spacial score (nSPS) is 17.0. The maximum absolute atomic E-state index is 14.0. The summed E-state index contributed by atoms with van der Waals surface area (Å²) in [6.45, 7) is 15.4. The highest BCUT2D eigenvalue weighted by Gasteiger charge is 2.29. The molecule has 2 aliphatic rings. The van der Waals surface area contributed by atoms with Crippen LogP contribution < -0.4 is 5.32 Å². The van der Waals surface area contributed by atoms with E-state index in [-0.39, 0.29) is 11.9 Å². The monoisotopic (exact) mass is 546 g/mol. The lowest BCUT2D eigenvalue weighted by Gasteiger charge is -2.39. The van der Waals surface area contributed by atoms with Crippen molar-refractivity contribution in [2.75, 3.05) is 51.1 Å². The topological polar surface area (TPSA) is 38.8 Å². The molecule has 1 amide bonds. The Kier molecular flexibility index (Phi) is 12.4. The second-order valence-electron chi connectivity index (χ2n) is 12.5. The molecular weight excluding hydrogens is 492 g/mol. The molecule has 0 radical (unpaired) electrons. The molecule has 2 aromatic carbocycles. The Morgan fingerprint density at radius 3 is 2.35 bits per heavy atom. The van der Waals surface area contributed by atoms with Crippen LogP contribution in [0.1, 0.15) is 93.6 Å². The molecule has 40 heavy (non-hydrogen) atoms. The van der Waals surface area contributed by atoms with Crippen LogP contribution in [0.3, 0.4) is 0 Å². The average Bonchev–Trinajstić information content (AvgIpc) is 3.49. The van der Waals surface area contributed by atoms with Gasteiger partial charge in [0.15, 0.2) is 0 Å². The molecule has 5 nitrogen and oxygen atoms in total. The van der Waals surface area contributed by atoms with E-state index in [9.17, 15) is 4.79 Å². The fourth-order valence-electron chi connectivity index (χ4n) is 6.16. The lowest BCUT2D eigenvalue weighted by molar-refractivity contribution is 0.0546. The second kappa shape index (κ2) is 16.2. The Balaban J connectivity index is 1.42. The summed E-state index contributed by atoms with van der Waals surface area (Å²) in [4.78, 5) is 21.3. The maximum Gasteiger partial charge on any atom is 0.254 e. The summed E-state index contributed by atoms with van der Waals surface area (Å²) in [6, 6.07) is 17.5. The van der Waals surface area contributed by atoms with Gasteiger partial charge in [-0.25, -0.2) is 0 Å². The first-order valence-corrected chi connectivity index (χ1v) is 16.2. The van der Waals surface area contributed by atoms with Gasteiger partial charge in [0.25, 0.3) is 5.91 Å². The molecule has 2 fully saturated rings. The minimum Gasteiger partial charge on any atom is -0.384 e. The molecule has 0 bridgehead atoms. The number of nitrogens with one attached hydrogen (secondary N) is 1. The van der Waals surface area contributed by atoms with E-state index >= 15 is 0 Å². The molecule has 2 heterocycles. The number of carbonyl (C=O) groups excluding carboxylic acids is 1. The number of piperidine rings is 1. The number of hydrogen-bond acceptors (Lipinski definition) is 4. The first-order valence-electron chi connectivity index (χ1n) is 16.2. The Bertz CT molecular complexity index is 1010. The molecule has 4 rings (SSSR count). The van der Waals surface area contributed by atoms with E-state index in [0.29, 0.717) is 6.54 Å². The number of anilines is 1. The van der Waals surface area contributed by atoms with Gasteiger partial charge >= 0.3 is 0 Å². The molecule has 2 aromatic rings. The van der Waals surface area contributed by atoms with Gasteiger partial charge in [0.1, 0.15) is 0 Å². The van der Waals surface area contributed by atoms with E-state index in [1.807, 2.05) is 0 Å². The van der Waals surface area contributed by atoms with Crippen LogP contribution in [0.5, 0.6) is 0 Å². The summed E-state index contributed by atoms with van der Waals surface area (Å²) < 4.78 is 0. The number of unbranched alkanes of at least 4 members (excludes halogenated alkanes) is 2. The molecule has 0 atom stereocenters. The van der Waals surface area contributed by atoms with Gasteiger partial charge in [-0.15, -0.1) is 0 Å². The quantitative estimate of drug-likeness (QED) is 0.242. The highest BCUT2D eigenvalue weighted by molar-refractivity contribution is 5.94. The Labute approximate surface area is 244 Å². The smallest absolute Gasteiger partial charge is 0.254 e. The van der Waals surface area contributed by atoms with Crippen molar-refractivity contribution in [1.82, 2.24) is 14.7 Å². The predicted octanol–water partition coefficient (Wildman–Crippen LogP) is 7.08. The minimum atomic E-state index is 0.174. The number of amides is 1. The standard InChI is InChI=1S/C35H54N4O/c1-4-5-6-10-30-13-15-32(16-14-30)35(40)39(34-18-24-38(25-19-34)23-17-29(2)3)28-31-11-9-12-33(27-31)36-20-26-37-21-7-8-22-37/h9,11-16,27,29,34,36H,4-8,10,17-26,28H2,1-3H3. The summed E-state index contributed by atoms with van der Waals surface area (Å²) in [5, 5.41) is 3.63. The van der Waals surface area contributed by atoms with Crippen molar-refractivity contribution in [3.63, 3.8) is 0 Å². The van der Waals surface area contributed by atoms with Crippen LogP contribution in [0.4, 0.5) is 5.69 Å². The summed E-state index contributed by atoms with van der Waals surface area (Å²) in [7, 11) is 0. The first kappa shape index (κ1) is 30.6. The zero-order valence-electron chi connectivity index (χ0n) is 25.5. The highest BCUT2D eigenvalue weighted by atomic mass is 16.2. The van der Waals surface area contributed by atoms with Gasteiger partial charge in [-0.2, -0.15) is 0 Å².